The zero-order valence-electron chi connectivity index (χ0n) is 11.2. The summed E-state index contributed by atoms with van der Waals surface area (Å²) in [6.45, 7) is 7.71. The van der Waals surface area contributed by atoms with Crippen LogP contribution in [0.3, 0.4) is 0 Å². The summed E-state index contributed by atoms with van der Waals surface area (Å²) in [5.41, 5.74) is 4.12. The minimum absolute atomic E-state index is 0.520. The van der Waals surface area contributed by atoms with Crippen LogP contribution in [-0.2, 0) is 6.42 Å². The number of nitrogens with one attached hydrogen (secondary N) is 1. The molecule has 1 aromatic heterocycles. The first-order chi connectivity index (χ1) is 8.13. The zero-order chi connectivity index (χ0) is 12.4. The van der Waals surface area contributed by atoms with Crippen LogP contribution in [0.15, 0.2) is 24.3 Å². The van der Waals surface area contributed by atoms with Gasteiger partial charge >= 0.3 is 0 Å². The van der Waals surface area contributed by atoms with Gasteiger partial charge in [0.25, 0.3) is 0 Å². The van der Waals surface area contributed by atoms with Gasteiger partial charge in [-0.1, -0.05) is 12.1 Å². The van der Waals surface area contributed by atoms with Crippen molar-refractivity contribution in [2.24, 2.45) is 0 Å². The summed E-state index contributed by atoms with van der Waals surface area (Å²) < 4.78 is 2.41. The van der Waals surface area contributed by atoms with Gasteiger partial charge in [0.05, 0.1) is 0 Å². The number of hydrogen-bond donors (Lipinski definition) is 1. The molecule has 0 aliphatic carbocycles. The molecule has 0 amide bonds. The van der Waals surface area contributed by atoms with E-state index < -0.39 is 0 Å². The number of hydrogen-bond acceptors (Lipinski definition) is 1. The third-order valence-corrected chi connectivity index (χ3v) is 3.28. The summed E-state index contributed by atoms with van der Waals surface area (Å²) in [5.74, 6) is 0. The highest BCUT2D eigenvalue weighted by Gasteiger charge is 2.08. The van der Waals surface area contributed by atoms with Crippen molar-refractivity contribution < 1.29 is 0 Å². The number of rotatable bonds is 4. The molecule has 0 radical (unpaired) electrons. The van der Waals surface area contributed by atoms with Gasteiger partial charge in [-0.3, -0.25) is 0 Å². The van der Waals surface area contributed by atoms with E-state index in [4.69, 9.17) is 0 Å². The van der Waals surface area contributed by atoms with Gasteiger partial charge in [-0.15, -0.1) is 0 Å². The molecule has 0 unspecified atom stereocenters. The lowest BCUT2D eigenvalue weighted by Gasteiger charge is -2.13. The molecule has 2 rings (SSSR count). The summed E-state index contributed by atoms with van der Waals surface area (Å²) in [7, 11) is 2.00. The molecule has 0 saturated carbocycles. The first kappa shape index (κ1) is 12.2. The summed E-state index contributed by atoms with van der Waals surface area (Å²) in [4.78, 5) is 0. The summed E-state index contributed by atoms with van der Waals surface area (Å²) in [6, 6.07) is 9.61. The van der Waals surface area contributed by atoms with Gasteiger partial charge < -0.3 is 9.88 Å². The molecule has 17 heavy (non-hydrogen) atoms. The number of aromatic nitrogens is 1. The SMILES string of the molecule is CNCCc1ccc2cc(C)n(C(C)C)c2c1. The Kier molecular flexibility index (Phi) is 3.53. The Morgan fingerprint density at radius 3 is 2.65 bits per heavy atom. The number of fused-ring (bicyclic) bond motifs is 1. The highest BCUT2D eigenvalue weighted by atomic mass is 15.0. The van der Waals surface area contributed by atoms with Gasteiger partial charge in [0.15, 0.2) is 0 Å². The van der Waals surface area contributed by atoms with E-state index in [9.17, 15) is 0 Å². The van der Waals surface area contributed by atoms with Gasteiger partial charge in [-0.05, 0) is 63.9 Å². The highest BCUT2D eigenvalue weighted by Crippen LogP contribution is 2.24. The van der Waals surface area contributed by atoms with E-state index in [1.807, 2.05) is 7.05 Å². The third kappa shape index (κ3) is 2.37. The summed E-state index contributed by atoms with van der Waals surface area (Å²) in [5, 5.41) is 4.55. The molecule has 0 spiro atoms. The maximum Gasteiger partial charge on any atom is 0.0487 e. The summed E-state index contributed by atoms with van der Waals surface area (Å²) in [6.07, 6.45) is 1.09. The van der Waals surface area contributed by atoms with E-state index in [1.54, 1.807) is 0 Å². The average Bonchev–Trinajstić information content (AvgIpc) is 2.61. The van der Waals surface area contributed by atoms with Gasteiger partial charge in [0.1, 0.15) is 0 Å². The van der Waals surface area contributed by atoms with E-state index in [1.165, 1.54) is 22.2 Å². The van der Waals surface area contributed by atoms with Crippen molar-refractivity contribution in [2.75, 3.05) is 13.6 Å². The van der Waals surface area contributed by atoms with Gasteiger partial charge in [-0.2, -0.15) is 0 Å². The molecule has 1 heterocycles. The molecule has 0 aliphatic heterocycles. The Morgan fingerprint density at radius 2 is 2.00 bits per heavy atom. The number of likely N-dealkylation sites (N-methyl/N-ethyl adjacent to an activating group) is 1. The molecule has 1 aromatic carbocycles. The molecule has 1 N–H and O–H groups in total. The Morgan fingerprint density at radius 1 is 1.24 bits per heavy atom. The van der Waals surface area contributed by atoms with Crippen molar-refractivity contribution in [1.29, 1.82) is 0 Å². The molecule has 2 heteroatoms. The molecule has 0 saturated heterocycles. The molecule has 0 fully saturated rings. The van der Waals surface area contributed by atoms with Crippen molar-refractivity contribution in [3.05, 3.63) is 35.5 Å². The van der Waals surface area contributed by atoms with Crippen molar-refractivity contribution in [3.63, 3.8) is 0 Å². The minimum atomic E-state index is 0.520. The van der Waals surface area contributed by atoms with Gasteiger partial charge in [-0.25, -0.2) is 0 Å². The van der Waals surface area contributed by atoms with Crippen molar-refractivity contribution >= 4 is 10.9 Å². The predicted octanol–water partition coefficient (Wildman–Crippen LogP) is 3.29. The van der Waals surface area contributed by atoms with Crippen LogP contribution < -0.4 is 5.32 Å². The second-order valence-electron chi connectivity index (χ2n) is 5.00. The molecule has 92 valence electrons. The van der Waals surface area contributed by atoms with Crippen LogP contribution in [0.5, 0.6) is 0 Å². The fourth-order valence-electron chi connectivity index (χ4n) is 2.51. The predicted molar refractivity (Wildman–Crippen MR) is 74.7 cm³/mol. The van der Waals surface area contributed by atoms with Crippen molar-refractivity contribution in [3.8, 4) is 0 Å². The largest absolute Gasteiger partial charge is 0.342 e. The van der Waals surface area contributed by atoms with E-state index in [0.29, 0.717) is 6.04 Å². The smallest absolute Gasteiger partial charge is 0.0487 e. The second-order valence-corrected chi connectivity index (χ2v) is 5.00. The summed E-state index contributed by atoms with van der Waals surface area (Å²) >= 11 is 0. The van der Waals surface area contributed by atoms with Crippen LogP contribution in [0, 0.1) is 6.92 Å². The fraction of sp³-hybridized carbons (Fsp3) is 0.467. The fourth-order valence-corrected chi connectivity index (χ4v) is 2.51. The van der Waals surface area contributed by atoms with Crippen LogP contribution >= 0.6 is 0 Å². The lowest BCUT2D eigenvalue weighted by atomic mass is 10.1. The average molecular weight is 230 g/mol. The molecule has 2 aromatic rings. The van der Waals surface area contributed by atoms with E-state index in [2.05, 4.69) is 54.9 Å². The van der Waals surface area contributed by atoms with Crippen LogP contribution in [0.25, 0.3) is 10.9 Å². The van der Waals surface area contributed by atoms with E-state index in [-0.39, 0.29) is 0 Å². The van der Waals surface area contributed by atoms with Gasteiger partial charge in [0, 0.05) is 17.3 Å². The Bertz CT molecular complexity index is 509. The lowest BCUT2D eigenvalue weighted by Crippen LogP contribution is -2.10. The molecule has 0 aliphatic rings. The maximum absolute atomic E-state index is 3.20. The third-order valence-electron chi connectivity index (χ3n) is 3.28. The Balaban J connectivity index is 2.47. The second kappa shape index (κ2) is 4.92. The first-order valence-corrected chi connectivity index (χ1v) is 6.38. The lowest BCUT2D eigenvalue weighted by molar-refractivity contribution is 0.607. The Hall–Kier alpha value is -1.28. The molecule has 0 atom stereocenters. The molecular formula is C15H22N2. The van der Waals surface area contributed by atoms with Crippen LogP contribution in [0.1, 0.15) is 31.1 Å². The molecular weight excluding hydrogens is 208 g/mol. The van der Waals surface area contributed by atoms with Gasteiger partial charge in [0.2, 0.25) is 0 Å². The quantitative estimate of drug-likeness (QED) is 0.853. The topological polar surface area (TPSA) is 17.0 Å². The zero-order valence-corrected chi connectivity index (χ0v) is 11.2. The minimum Gasteiger partial charge on any atom is -0.342 e. The molecule has 0 bridgehead atoms. The number of nitrogens with zero attached hydrogens (tertiary/aromatic N) is 1. The van der Waals surface area contributed by atoms with Crippen LogP contribution in [0.4, 0.5) is 0 Å². The van der Waals surface area contributed by atoms with Crippen LogP contribution in [-0.4, -0.2) is 18.2 Å². The monoisotopic (exact) mass is 230 g/mol. The maximum atomic E-state index is 3.20. The van der Waals surface area contributed by atoms with Crippen molar-refractivity contribution in [2.45, 2.75) is 33.2 Å². The highest BCUT2D eigenvalue weighted by molar-refractivity contribution is 5.82. The molecule has 2 nitrogen and oxygen atoms in total. The van der Waals surface area contributed by atoms with E-state index in [0.717, 1.165) is 13.0 Å². The Labute approximate surface area is 104 Å². The van der Waals surface area contributed by atoms with Crippen molar-refractivity contribution in [1.82, 2.24) is 9.88 Å². The normalized spacial score (nSPS) is 11.6. The van der Waals surface area contributed by atoms with Crippen LogP contribution in [0.2, 0.25) is 0 Å². The number of benzene rings is 1. The van der Waals surface area contributed by atoms with E-state index >= 15 is 0 Å². The standard InChI is InChI=1S/C15H22N2/c1-11(2)17-12(3)9-14-6-5-13(7-8-16-4)10-15(14)17/h5-6,9-11,16H,7-8H2,1-4H3. The first-order valence-electron chi connectivity index (χ1n) is 6.38. The number of aryl methyl sites for hydroxylation is 1.